The molecule has 2 aliphatic carbocycles. The number of hydrogen-bond acceptors (Lipinski definition) is 6. The zero-order valence-electron chi connectivity index (χ0n) is 18.8. The third kappa shape index (κ3) is 4.38. The van der Waals surface area contributed by atoms with Gasteiger partial charge in [0.1, 0.15) is 10.4 Å². The minimum absolute atomic E-state index is 0.0437. The molecule has 1 saturated carbocycles. The van der Waals surface area contributed by atoms with E-state index in [1.165, 1.54) is 16.6 Å². The molecule has 1 fully saturated rings. The van der Waals surface area contributed by atoms with E-state index in [4.69, 9.17) is 4.98 Å². The van der Waals surface area contributed by atoms with E-state index in [9.17, 15) is 14.9 Å². The molecule has 8 heteroatoms. The monoisotopic (exact) mass is 470 g/mol. The molecule has 2 heterocycles. The quantitative estimate of drug-likeness (QED) is 0.379. The van der Waals surface area contributed by atoms with Gasteiger partial charge in [0.2, 0.25) is 5.91 Å². The molecule has 4 rings (SSSR count). The van der Waals surface area contributed by atoms with Gasteiger partial charge < -0.3 is 5.32 Å². The first kappa shape index (κ1) is 23.1. The number of hydrogen-bond donors (Lipinski definition) is 1. The van der Waals surface area contributed by atoms with Gasteiger partial charge in [-0.1, -0.05) is 44.0 Å². The van der Waals surface area contributed by atoms with Gasteiger partial charge in [0.15, 0.2) is 5.16 Å². The number of rotatable bonds is 6. The van der Waals surface area contributed by atoms with E-state index in [-0.39, 0.29) is 11.5 Å². The van der Waals surface area contributed by atoms with Crippen LogP contribution in [-0.2, 0) is 24.2 Å². The van der Waals surface area contributed by atoms with Crippen molar-refractivity contribution in [2.45, 2.75) is 87.7 Å². The predicted octanol–water partition coefficient (Wildman–Crippen LogP) is 4.59. The smallest absolute Gasteiger partial charge is 0.263 e. The molecule has 2 unspecified atom stereocenters. The van der Waals surface area contributed by atoms with Crippen LogP contribution < -0.4 is 10.9 Å². The van der Waals surface area contributed by atoms with Crippen LogP contribution in [-0.4, -0.2) is 26.2 Å². The Hall–Kier alpha value is -2.11. The van der Waals surface area contributed by atoms with Crippen LogP contribution in [0.5, 0.6) is 0 Å². The van der Waals surface area contributed by atoms with Crippen molar-refractivity contribution in [3.05, 3.63) is 33.4 Å². The highest BCUT2D eigenvalue weighted by atomic mass is 32.2. The summed E-state index contributed by atoms with van der Waals surface area (Å²) in [6.07, 6.45) is 9.09. The lowest BCUT2D eigenvalue weighted by molar-refractivity contribution is -0.121. The maximum Gasteiger partial charge on any atom is 0.263 e. The average molecular weight is 471 g/mol. The molecule has 0 radical (unpaired) electrons. The van der Waals surface area contributed by atoms with E-state index in [0.717, 1.165) is 54.3 Å². The van der Waals surface area contributed by atoms with Crippen LogP contribution in [0, 0.1) is 17.2 Å². The second-order valence-electron chi connectivity index (χ2n) is 9.13. The van der Waals surface area contributed by atoms with Crippen molar-refractivity contribution in [1.29, 1.82) is 5.26 Å². The molecule has 0 saturated heterocycles. The molecular weight excluding hydrogens is 440 g/mol. The molecule has 0 spiro atoms. The molecule has 170 valence electrons. The highest BCUT2D eigenvalue weighted by Crippen LogP contribution is 2.37. The maximum absolute atomic E-state index is 13.4. The van der Waals surface area contributed by atoms with Gasteiger partial charge in [0.05, 0.1) is 16.7 Å². The number of nitriles is 1. The fourth-order valence-corrected chi connectivity index (χ4v) is 7.10. The molecule has 1 amide bonds. The Morgan fingerprint density at radius 3 is 2.91 bits per heavy atom. The Bertz CT molecular complexity index is 1140. The summed E-state index contributed by atoms with van der Waals surface area (Å²) < 4.78 is 1.63. The van der Waals surface area contributed by atoms with E-state index in [1.54, 1.807) is 22.0 Å². The molecule has 32 heavy (non-hydrogen) atoms. The molecule has 6 nitrogen and oxygen atoms in total. The molecule has 1 N–H and O–H groups in total. The van der Waals surface area contributed by atoms with Crippen molar-refractivity contribution in [1.82, 2.24) is 14.9 Å². The summed E-state index contributed by atoms with van der Waals surface area (Å²) in [5.41, 5.74) is 0.345. The van der Waals surface area contributed by atoms with Gasteiger partial charge in [0, 0.05) is 11.4 Å². The minimum atomic E-state index is -0.772. The molecule has 2 atom stereocenters. The number of carbonyl (C=O) groups excluding carboxylic acids is 1. The summed E-state index contributed by atoms with van der Waals surface area (Å²) in [6, 6.07) is 2.34. The van der Waals surface area contributed by atoms with E-state index >= 15 is 0 Å². The second-order valence-corrected chi connectivity index (χ2v) is 11.5. The van der Waals surface area contributed by atoms with Crippen LogP contribution >= 0.6 is 23.1 Å². The number of thioether (sulfide) groups is 1. The van der Waals surface area contributed by atoms with Gasteiger partial charge in [-0.15, -0.1) is 17.9 Å². The van der Waals surface area contributed by atoms with E-state index in [2.05, 4.69) is 24.9 Å². The number of allylic oxidation sites excluding steroid dienone is 1. The first-order valence-electron chi connectivity index (χ1n) is 11.4. The third-order valence-electron chi connectivity index (χ3n) is 6.63. The maximum atomic E-state index is 13.4. The van der Waals surface area contributed by atoms with Crippen molar-refractivity contribution in [2.75, 3.05) is 0 Å². The number of nitrogens with one attached hydrogen (secondary N) is 1. The van der Waals surface area contributed by atoms with Crippen LogP contribution in [0.2, 0.25) is 0 Å². The van der Waals surface area contributed by atoms with E-state index in [0.29, 0.717) is 30.5 Å². The van der Waals surface area contributed by atoms with Crippen molar-refractivity contribution in [2.24, 2.45) is 5.92 Å². The number of nitrogens with zero attached hydrogens (tertiary/aromatic N) is 3. The Morgan fingerprint density at radius 2 is 2.22 bits per heavy atom. The summed E-state index contributed by atoms with van der Waals surface area (Å²) in [5.74, 6) is 0.438. The molecular formula is C24H30N4O2S2. The normalized spacial score (nSPS) is 20.8. The number of aromatic nitrogens is 2. The number of aryl methyl sites for hydroxylation is 1. The summed E-state index contributed by atoms with van der Waals surface area (Å²) in [6.45, 7) is 8.21. The van der Waals surface area contributed by atoms with Crippen LogP contribution in [0.1, 0.15) is 62.8 Å². The highest BCUT2D eigenvalue weighted by Gasteiger charge is 2.35. The van der Waals surface area contributed by atoms with Crippen molar-refractivity contribution in [3.63, 3.8) is 0 Å². The number of carbonyl (C=O) groups is 1. The summed E-state index contributed by atoms with van der Waals surface area (Å²) in [4.78, 5) is 33.3. The number of fused-ring (bicyclic) bond motifs is 3. The van der Waals surface area contributed by atoms with Crippen LogP contribution in [0.15, 0.2) is 22.6 Å². The van der Waals surface area contributed by atoms with Gasteiger partial charge in [-0.3, -0.25) is 14.2 Å². The summed E-state index contributed by atoms with van der Waals surface area (Å²) in [5, 5.41) is 13.5. The van der Waals surface area contributed by atoms with Gasteiger partial charge in [-0.05, 0) is 50.5 Å². The second kappa shape index (κ2) is 9.40. The fourth-order valence-electron chi connectivity index (χ4n) is 4.75. The Balaban J connectivity index is 1.64. The minimum Gasteiger partial charge on any atom is -0.337 e. The van der Waals surface area contributed by atoms with Crippen LogP contribution in [0.4, 0.5) is 0 Å². The Morgan fingerprint density at radius 1 is 1.47 bits per heavy atom. The van der Waals surface area contributed by atoms with Gasteiger partial charge >= 0.3 is 0 Å². The van der Waals surface area contributed by atoms with Crippen molar-refractivity contribution in [3.8, 4) is 6.07 Å². The lowest BCUT2D eigenvalue weighted by Crippen LogP contribution is -2.51. The predicted molar refractivity (Wildman–Crippen MR) is 130 cm³/mol. The molecule has 2 aliphatic rings. The molecule has 0 bridgehead atoms. The van der Waals surface area contributed by atoms with Crippen LogP contribution in [0.3, 0.4) is 0 Å². The Labute approximate surface area is 197 Å². The highest BCUT2D eigenvalue weighted by molar-refractivity contribution is 8.00. The van der Waals surface area contributed by atoms with E-state index in [1.807, 2.05) is 6.92 Å². The molecule has 2 aromatic heterocycles. The first-order valence-corrected chi connectivity index (χ1v) is 13.1. The number of thiophene rings is 1. The lowest BCUT2D eigenvalue weighted by Gasteiger charge is -2.32. The Kier molecular flexibility index (Phi) is 6.78. The zero-order chi connectivity index (χ0) is 22.9. The van der Waals surface area contributed by atoms with Crippen LogP contribution in [0.25, 0.3) is 10.2 Å². The summed E-state index contributed by atoms with van der Waals surface area (Å²) in [7, 11) is 0. The first-order chi connectivity index (χ1) is 15.4. The third-order valence-corrected chi connectivity index (χ3v) is 8.87. The standard InChI is InChI=1S/C24H30N4O2S2/c1-4-12-28-22(30)19-17-9-8-15(2)13-18(17)32-21(19)26-23(28)31-16(3)20(29)27-24(14-25)10-6-5-7-11-24/h4,15-16H,1,5-13H2,2-3H3,(H,27,29). The lowest BCUT2D eigenvalue weighted by atomic mass is 9.83. The number of amides is 1. The van der Waals surface area contributed by atoms with Crippen molar-refractivity contribution >= 4 is 39.2 Å². The molecule has 0 aliphatic heterocycles. The van der Waals surface area contributed by atoms with Crippen molar-refractivity contribution < 1.29 is 4.79 Å². The average Bonchev–Trinajstić information content (AvgIpc) is 3.14. The van der Waals surface area contributed by atoms with Gasteiger partial charge in [-0.25, -0.2) is 4.98 Å². The molecule has 2 aromatic rings. The SMILES string of the molecule is C=CCn1c(SC(C)C(=O)NC2(C#N)CCCCC2)nc2sc3c(c2c1=O)CCC(C)C3. The molecule has 0 aromatic carbocycles. The fraction of sp³-hybridized carbons (Fsp3) is 0.583. The van der Waals surface area contributed by atoms with E-state index < -0.39 is 10.8 Å². The zero-order valence-corrected chi connectivity index (χ0v) is 20.4. The largest absolute Gasteiger partial charge is 0.337 e. The van der Waals surface area contributed by atoms with Gasteiger partial charge in [-0.2, -0.15) is 5.26 Å². The van der Waals surface area contributed by atoms with Gasteiger partial charge in [0.25, 0.3) is 5.56 Å². The topological polar surface area (TPSA) is 87.8 Å². The summed E-state index contributed by atoms with van der Waals surface area (Å²) >= 11 is 2.90.